The summed E-state index contributed by atoms with van der Waals surface area (Å²) in [6, 6.07) is 0. The quantitative estimate of drug-likeness (QED) is 0.321. The first-order chi connectivity index (χ1) is 3.80. The van der Waals surface area contributed by atoms with Crippen LogP contribution in [0.2, 0.25) is 0 Å². The van der Waals surface area contributed by atoms with E-state index in [0.29, 0.717) is 10.4 Å². The molecular formula is C6H3Cl2IZn-. The Labute approximate surface area is 100 Å². The number of hydrogen-bond acceptors (Lipinski definition) is 0. The Morgan fingerprint density at radius 1 is 1.30 bits per heavy atom. The summed E-state index contributed by atoms with van der Waals surface area (Å²) < 4.78 is 0. The van der Waals surface area contributed by atoms with E-state index in [1.54, 1.807) is 18.2 Å². The Morgan fingerprint density at radius 3 is 2.20 bits per heavy atom. The molecule has 0 nitrogen and oxygen atoms in total. The summed E-state index contributed by atoms with van der Waals surface area (Å²) in [7, 11) is 0. The second-order valence-electron chi connectivity index (χ2n) is 1.34. The van der Waals surface area contributed by atoms with E-state index in [0.717, 1.165) is 0 Å². The van der Waals surface area contributed by atoms with Crippen LogP contribution in [-0.4, -0.2) is 0 Å². The van der Waals surface area contributed by atoms with Crippen molar-refractivity contribution in [1.29, 1.82) is 0 Å². The minimum absolute atomic E-state index is 0. The minimum Gasteiger partial charge on any atom is -1.00 e. The van der Waals surface area contributed by atoms with Crippen LogP contribution in [0.3, 0.4) is 0 Å². The van der Waals surface area contributed by atoms with Gasteiger partial charge in [-0.05, 0) is 18.2 Å². The average Bonchev–Trinajstić information content (AvgIpc) is 1.77. The van der Waals surface area contributed by atoms with Gasteiger partial charge in [0, 0.05) is 24.5 Å². The fraction of sp³-hybridized carbons (Fsp3) is 0. The number of hydrogen-bond donors (Lipinski definition) is 0. The Kier molecular flexibility index (Phi) is 9.46. The maximum absolute atomic E-state index is 5.56. The monoisotopic (exact) mass is 336 g/mol. The van der Waals surface area contributed by atoms with Gasteiger partial charge in [0.25, 0.3) is 0 Å². The molecule has 1 rings (SSSR count). The molecule has 0 heterocycles. The van der Waals surface area contributed by atoms with Gasteiger partial charge in [0.15, 0.2) is 0 Å². The standard InChI is InChI=1S/C6H3Cl2.HI.Zn/c7-5-3-1-2-4-6(5)8;;/h1,3-4H;1H;/p-1. The predicted molar refractivity (Wildman–Crippen MR) is 35.7 cm³/mol. The number of halogens is 3. The Morgan fingerprint density at radius 2 is 1.90 bits per heavy atom. The van der Waals surface area contributed by atoms with Crippen molar-refractivity contribution in [1.82, 2.24) is 0 Å². The van der Waals surface area contributed by atoms with Crippen LogP contribution in [0.1, 0.15) is 0 Å². The van der Waals surface area contributed by atoms with Gasteiger partial charge in [0.1, 0.15) is 5.38 Å². The molecule has 0 spiro atoms. The molecule has 0 aromatic rings. The minimum atomic E-state index is 0. The number of rotatable bonds is 0. The van der Waals surface area contributed by atoms with Crippen molar-refractivity contribution in [2.45, 2.75) is 0 Å². The van der Waals surface area contributed by atoms with Gasteiger partial charge >= 0.3 is 0 Å². The number of allylic oxidation sites excluding steroid dienone is 3. The molecule has 0 unspecified atom stereocenters. The molecule has 0 amide bonds. The molecule has 1 radical (unpaired) electrons. The van der Waals surface area contributed by atoms with Crippen molar-refractivity contribution in [3.05, 3.63) is 34.4 Å². The third kappa shape index (κ3) is 4.15. The second kappa shape index (κ2) is 6.88. The molecule has 0 saturated heterocycles. The zero-order valence-electron chi connectivity index (χ0n) is 5.07. The van der Waals surface area contributed by atoms with E-state index in [1.807, 2.05) is 0 Å². The van der Waals surface area contributed by atoms with Crippen LogP contribution in [0.5, 0.6) is 0 Å². The molecule has 0 bridgehead atoms. The Bertz CT molecular complexity index is 182. The van der Waals surface area contributed by atoms with Gasteiger partial charge in [0.2, 0.25) is 0 Å². The molecule has 0 fully saturated rings. The summed E-state index contributed by atoms with van der Waals surface area (Å²) in [5, 5.41) is 1.12. The van der Waals surface area contributed by atoms with Crippen molar-refractivity contribution in [2.75, 3.05) is 0 Å². The van der Waals surface area contributed by atoms with Gasteiger partial charge in [-0.3, -0.25) is 0 Å². The second-order valence-corrected chi connectivity index (χ2v) is 2.15. The van der Waals surface area contributed by atoms with E-state index >= 15 is 0 Å². The first-order valence-electron chi connectivity index (χ1n) is 2.12. The Balaban J connectivity index is 0. The van der Waals surface area contributed by atoms with Crippen molar-refractivity contribution in [2.24, 2.45) is 0 Å². The zero-order chi connectivity index (χ0) is 5.98. The summed E-state index contributed by atoms with van der Waals surface area (Å²) in [6.45, 7) is 0. The molecular weight excluding hydrogens is 335 g/mol. The molecule has 0 aromatic carbocycles. The van der Waals surface area contributed by atoms with E-state index in [-0.39, 0.29) is 43.5 Å². The van der Waals surface area contributed by atoms with Gasteiger partial charge in [-0.15, -0.1) is 17.3 Å². The van der Waals surface area contributed by atoms with Crippen molar-refractivity contribution < 1.29 is 43.5 Å². The van der Waals surface area contributed by atoms with Gasteiger partial charge in [-0.2, -0.15) is 0 Å². The molecule has 0 saturated carbocycles. The normalized spacial score (nSPS) is 15.2. The average molecular weight is 338 g/mol. The molecule has 51 valence electrons. The first kappa shape index (κ1) is 13.8. The van der Waals surface area contributed by atoms with Crippen LogP contribution in [0.15, 0.2) is 29.0 Å². The van der Waals surface area contributed by atoms with E-state index in [9.17, 15) is 0 Å². The summed E-state index contributed by atoms with van der Waals surface area (Å²) >= 11 is 11.1. The van der Waals surface area contributed by atoms with Gasteiger partial charge in [-0.25, -0.2) is 0 Å². The maximum Gasteiger partial charge on any atom is 0.133 e. The molecule has 1 aliphatic carbocycles. The van der Waals surface area contributed by atoms with Crippen molar-refractivity contribution >= 4 is 23.2 Å². The molecule has 0 aromatic heterocycles. The smallest absolute Gasteiger partial charge is 0.133 e. The Hall–Kier alpha value is 1.19. The largest absolute Gasteiger partial charge is 1.00 e. The molecule has 4 heteroatoms. The SMILES string of the molecule is Cl[C]1C=C=CC=C1Cl.[I-].[Zn]. The van der Waals surface area contributed by atoms with E-state index in [1.165, 1.54) is 0 Å². The first-order valence-corrected chi connectivity index (χ1v) is 2.87. The topological polar surface area (TPSA) is 0 Å². The van der Waals surface area contributed by atoms with Crippen LogP contribution in [-0.2, 0) is 19.5 Å². The molecule has 0 atom stereocenters. The van der Waals surface area contributed by atoms with E-state index in [2.05, 4.69) is 5.73 Å². The van der Waals surface area contributed by atoms with Crippen LogP contribution in [0.4, 0.5) is 0 Å². The van der Waals surface area contributed by atoms with Gasteiger partial charge in [-0.1, -0.05) is 11.6 Å². The molecule has 1 aliphatic rings. The van der Waals surface area contributed by atoms with Crippen LogP contribution in [0.25, 0.3) is 0 Å². The van der Waals surface area contributed by atoms with Crippen LogP contribution in [0, 0.1) is 5.38 Å². The van der Waals surface area contributed by atoms with E-state index < -0.39 is 0 Å². The van der Waals surface area contributed by atoms with Gasteiger partial charge < -0.3 is 24.0 Å². The summed E-state index contributed by atoms with van der Waals surface area (Å²) in [4.78, 5) is 0. The summed E-state index contributed by atoms with van der Waals surface area (Å²) in [6.07, 6.45) is 5.04. The third-order valence-electron chi connectivity index (χ3n) is 0.764. The predicted octanol–water partition coefficient (Wildman–Crippen LogP) is -0.394. The molecule has 0 aliphatic heterocycles. The fourth-order valence-corrected chi connectivity index (χ4v) is 0.635. The summed E-state index contributed by atoms with van der Waals surface area (Å²) in [5.74, 6) is 0. The third-order valence-corrected chi connectivity index (χ3v) is 1.50. The van der Waals surface area contributed by atoms with E-state index in [4.69, 9.17) is 23.2 Å². The maximum atomic E-state index is 5.56. The molecule has 0 N–H and O–H groups in total. The fourth-order valence-electron chi connectivity index (χ4n) is 0.391. The van der Waals surface area contributed by atoms with Gasteiger partial charge in [0.05, 0.1) is 0 Å². The molecule has 10 heavy (non-hydrogen) atoms. The van der Waals surface area contributed by atoms with Crippen molar-refractivity contribution in [3.8, 4) is 0 Å². The zero-order valence-corrected chi connectivity index (χ0v) is 11.7. The van der Waals surface area contributed by atoms with Crippen LogP contribution < -0.4 is 24.0 Å². The van der Waals surface area contributed by atoms with Crippen molar-refractivity contribution in [3.63, 3.8) is 0 Å². The van der Waals surface area contributed by atoms with Crippen LogP contribution >= 0.6 is 23.2 Å². The summed E-state index contributed by atoms with van der Waals surface area (Å²) in [5.41, 5.74) is 2.79.